The number of piperidine rings is 1. The summed E-state index contributed by atoms with van der Waals surface area (Å²) in [6, 6.07) is -3.56. The Morgan fingerprint density at radius 2 is 1.50 bits per heavy atom. The van der Waals surface area contributed by atoms with E-state index < -0.39 is 79.6 Å². The SMILES string of the molecule is C=C[C@@H]1C[C@]1(NC(=O)[C@@H]1C[C@@]2(CN1C(=O)[C@@H](NC(=O)C(NC(=O)[C@@H]1CCCCN1CC)C1CCCCC1)C(C)(C)C)C(C)(C)C21CCC1)C(=O)NS(=O)(=O)C(F)(F)F. The molecule has 1 unspecified atom stereocenters. The molecule has 58 heavy (non-hydrogen) atoms. The van der Waals surface area contributed by atoms with Gasteiger partial charge in [-0.2, -0.15) is 21.6 Å². The number of likely N-dealkylation sites (tertiary alicyclic amines) is 2. The first-order chi connectivity index (χ1) is 26.9. The monoisotopic (exact) mass is 840 g/mol. The summed E-state index contributed by atoms with van der Waals surface area (Å²) in [5.41, 5.74) is -9.56. The zero-order valence-electron chi connectivity index (χ0n) is 34.9. The first kappa shape index (κ1) is 44.3. The third kappa shape index (κ3) is 7.35. The Hall–Kier alpha value is -3.21. The first-order valence-electron chi connectivity index (χ1n) is 21.2. The molecule has 0 radical (unpaired) electrons. The summed E-state index contributed by atoms with van der Waals surface area (Å²) in [5.74, 6) is -4.54. The minimum atomic E-state index is -6.08. The molecule has 0 aromatic rings. The van der Waals surface area contributed by atoms with E-state index in [1.54, 1.807) is 20.8 Å². The van der Waals surface area contributed by atoms with Crippen LogP contribution in [0.15, 0.2) is 12.7 Å². The molecule has 2 spiro atoms. The van der Waals surface area contributed by atoms with Crippen molar-refractivity contribution in [3.05, 3.63) is 12.7 Å². The van der Waals surface area contributed by atoms with Gasteiger partial charge in [0.25, 0.3) is 5.91 Å². The fraction of sp³-hybridized carbons (Fsp3) is 0.829. The van der Waals surface area contributed by atoms with Gasteiger partial charge in [-0.05, 0) is 86.6 Å². The first-order valence-corrected chi connectivity index (χ1v) is 22.7. The van der Waals surface area contributed by atoms with E-state index in [0.717, 1.165) is 75.5 Å². The second kappa shape index (κ2) is 15.4. The Balaban J connectivity index is 1.29. The molecule has 6 fully saturated rings. The summed E-state index contributed by atoms with van der Waals surface area (Å²) >= 11 is 0. The molecular weight excluding hydrogens is 778 g/mol. The van der Waals surface area contributed by atoms with Gasteiger partial charge in [0.1, 0.15) is 23.7 Å². The highest BCUT2D eigenvalue weighted by Gasteiger charge is 2.85. The van der Waals surface area contributed by atoms with Crippen LogP contribution in [0.25, 0.3) is 0 Å². The van der Waals surface area contributed by atoms with E-state index in [2.05, 4.69) is 41.3 Å². The van der Waals surface area contributed by atoms with Crippen LogP contribution in [0, 0.1) is 33.5 Å². The Morgan fingerprint density at radius 1 is 0.862 bits per heavy atom. The predicted molar refractivity (Wildman–Crippen MR) is 210 cm³/mol. The molecule has 4 saturated carbocycles. The number of carbonyl (C=O) groups is 5. The average Bonchev–Trinajstić information content (AvgIpc) is 3.86. The lowest BCUT2D eigenvalue weighted by atomic mass is 9.73. The Bertz CT molecular complexity index is 1790. The number of nitrogens with zero attached hydrogens (tertiary/aromatic N) is 2. The van der Waals surface area contributed by atoms with Crippen LogP contribution < -0.4 is 20.7 Å². The van der Waals surface area contributed by atoms with Crippen LogP contribution in [-0.4, -0.2) is 103 Å². The second-order valence-corrected chi connectivity index (χ2v) is 21.2. The van der Waals surface area contributed by atoms with Crippen molar-refractivity contribution in [1.82, 2.24) is 30.5 Å². The van der Waals surface area contributed by atoms with Gasteiger partial charge in [0.2, 0.25) is 23.6 Å². The van der Waals surface area contributed by atoms with E-state index in [-0.39, 0.29) is 48.1 Å². The van der Waals surface area contributed by atoms with Crippen LogP contribution in [0.5, 0.6) is 0 Å². The molecule has 4 N–H and O–H groups in total. The molecule has 2 aliphatic heterocycles. The normalized spacial score (nSPS) is 31.7. The molecule has 2 saturated heterocycles. The van der Waals surface area contributed by atoms with Crippen LogP contribution in [0.1, 0.15) is 125 Å². The molecule has 4 aliphatic carbocycles. The van der Waals surface area contributed by atoms with E-state index >= 15 is 4.79 Å². The van der Waals surface area contributed by atoms with Crippen LogP contribution in [0.4, 0.5) is 13.2 Å². The van der Waals surface area contributed by atoms with Crippen molar-refractivity contribution in [3.63, 3.8) is 0 Å². The number of rotatable bonds is 12. The molecule has 5 amide bonds. The quantitative estimate of drug-likeness (QED) is 0.211. The van der Waals surface area contributed by atoms with E-state index in [4.69, 9.17) is 0 Å². The number of amides is 5. The molecule has 2 heterocycles. The molecule has 326 valence electrons. The van der Waals surface area contributed by atoms with Gasteiger partial charge < -0.3 is 20.9 Å². The van der Waals surface area contributed by atoms with Gasteiger partial charge in [-0.25, -0.2) is 4.72 Å². The number of hydrogen-bond donors (Lipinski definition) is 4. The lowest BCUT2D eigenvalue weighted by Crippen LogP contribution is -2.63. The zero-order chi connectivity index (χ0) is 42.9. The van der Waals surface area contributed by atoms with Gasteiger partial charge in [-0.1, -0.05) is 79.7 Å². The minimum absolute atomic E-state index is 0.133. The number of hydrogen-bond acceptors (Lipinski definition) is 8. The van der Waals surface area contributed by atoms with Gasteiger partial charge >= 0.3 is 15.5 Å². The summed E-state index contributed by atoms with van der Waals surface area (Å²) in [6.45, 7) is 17.0. The summed E-state index contributed by atoms with van der Waals surface area (Å²) in [4.78, 5) is 74.9. The van der Waals surface area contributed by atoms with E-state index in [0.29, 0.717) is 13.0 Å². The molecule has 0 bridgehead atoms. The maximum atomic E-state index is 15.1. The highest BCUT2D eigenvalue weighted by atomic mass is 32.2. The van der Waals surface area contributed by atoms with Crippen molar-refractivity contribution in [2.24, 2.45) is 33.5 Å². The maximum absolute atomic E-state index is 15.1. The van der Waals surface area contributed by atoms with Crippen molar-refractivity contribution in [3.8, 4) is 0 Å². The van der Waals surface area contributed by atoms with Crippen LogP contribution in [0.3, 0.4) is 0 Å². The molecular formula is C41H63F3N6O7S. The van der Waals surface area contributed by atoms with Crippen molar-refractivity contribution in [2.75, 3.05) is 19.6 Å². The zero-order valence-corrected chi connectivity index (χ0v) is 35.7. The molecule has 7 atom stereocenters. The molecule has 0 aromatic heterocycles. The van der Waals surface area contributed by atoms with Crippen molar-refractivity contribution < 1.29 is 45.6 Å². The fourth-order valence-electron chi connectivity index (χ4n) is 11.5. The standard InChI is InChI=1S/C41H63F3N6O7S/c1-8-26-22-40(26,35(55)48-58(56,57)41(42,43)44)47-32(52)28-23-39(37(6,7)38(39)19-15-20-38)24-50(28)34(54)30(36(3,4)5)46-33(53)29(25-16-11-10-12-17-25)45-31(51)27-18-13-14-21-49(27)9-2/h8,25-30H,1,9-24H2,2-7H3,(H,45,51)(H,46,53)(H,47,52)(H,48,55)/t26-,27+,28+,29?,30-,39-,40-/m1/s1. The molecule has 0 aromatic carbocycles. The Kier molecular flexibility index (Phi) is 11.7. The average molecular weight is 841 g/mol. The van der Waals surface area contributed by atoms with Gasteiger partial charge in [-0.15, -0.1) is 6.58 Å². The molecule has 17 heteroatoms. The van der Waals surface area contributed by atoms with E-state index in [1.807, 2.05) is 6.92 Å². The number of carbonyl (C=O) groups excluding carboxylic acids is 5. The summed E-state index contributed by atoms with van der Waals surface area (Å²) in [7, 11) is -6.08. The van der Waals surface area contributed by atoms with Crippen LogP contribution >= 0.6 is 0 Å². The maximum Gasteiger partial charge on any atom is 0.516 e. The number of likely N-dealkylation sites (N-methyl/N-ethyl adjacent to an activating group) is 1. The van der Waals surface area contributed by atoms with Gasteiger partial charge in [0.15, 0.2) is 0 Å². The highest BCUT2D eigenvalue weighted by Crippen LogP contribution is 2.88. The van der Waals surface area contributed by atoms with Gasteiger partial charge in [0.05, 0.1) is 6.04 Å². The number of alkyl halides is 3. The smallest absolute Gasteiger partial charge is 0.343 e. The minimum Gasteiger partial charge on any atom is -0.343 e. The van der Waals surface area contributed by atoms with E-state index in [9.17, 15) is 40.8 Å². The molecule has 6 rings (SSSR count). The van der Waals surface area contributed by atoms with Crippen LogP contribution in [-0.2, 0) is 34.0 Å². The Morgan fingerprint density at radius 3 is 2.02 bits per heavy atom. The number of nitrogens with one attached hydrogen (secondary N) is 4. The number of sulfonamides is 1. The van der Waals surface area contributed by atoms with Crippen LogP contribution in [0.2, 0.25) is 0 Å². The number of halogens is 3. The Labute approximate surface area is 340 Å². The second-order valence-electron chi connectivity index (χ2n) is 19.5. The summed E-state index contributed by atoms with van der Waals surface area (Å²) in [6.07, 6.45) is 11.0. The van der Waals surface area contributed by atoms with Crippen molar-refractivity contribution >= 4 is 39.6 Å². The molecule has 6 aliphatic rings. The number of fused-ring (bicyclic) bond motifs is 1. The predicted octanol–water partition coefficient (Wildman–Crippen LogP) is 4.28. The molecule has 13 nitrogen and oxygen atoms in total. The lowest BCUT2D eigenvalue weighted by molar-refractivity contribution is -0.145. The third-order valence-electron chi connectivity index (χ3n) is 15.4. The topological polar surface area (TPSA) is 174 Å². The summed E-state index contributed by atoms with van der Waals surface area (Å²) in [5, 5.41) is 8.72. The highest BCUT2D eigenvalue weighted by molar-refractivity contribution is 7.90. The van der Waals surface area contributed by atoms with E-state index in [1.165, 1.54) is 11.0 Å². The van der Waals surface area contributed by atoms with Crippen molar-refractivity contribution in [2.45, 2.75) is 160 Å². The largest absolute Gasteiger partial charge is 0.516 e. The van der Waals surface area contributed by atoms with Gasteiger partial charge in [0, 0.05) is 17.9 Å². The fourth-order valence-corrected chi connectivity index (χ4v) is 12.0. The van der Waals surface area contributed by atoms with Crippen molar-refractivity contribution in [1.29, 1.82) is 0 Å². The van der Waals surface area contributed by atoms with Gasteiger partial charge in [-0.3, -0.25) is 28.9 Å². The summed E-state index contributed by atoms with van der Waals surface area (Å²) < 4.78 is 64.9. The lowest BCUT2D eigenvalue weighted by Gasteiger charge is -2.39. The third-order valence-corrected chi connectivity index (χ3v) is 16.5.